The maximum atomic E-state index is 12.9. The monoisotopic (exact) mass is 302 g/mol. The summed E-state index contributed by atoms with van der Waals surface area (Å²) in [5.74, 6) is -0.391. The van der Waals surface area contributed by atoms with E-state index in [-0.39, 0.29) is 24.4 Å². The van der Waals surface area contributed by atoms with Crippen LogP contribution in [0.3, 0.4) is 0 Å². The molecule has 0 aromatic heterocycles. The molecule has 0 heterocycles. The Balaban J connectivity index is 2.90. The fourth-order valence-corrected chi connectivity index (χ4v) is 1.92. The van der Waals surface area contributed by atoms with Gasteiger partial charge in [-0.05, 0) is 24.5 Å². The van der Waals surface area contributed by atoms with Crippen LogP contribution in [-0.2, 0) is 17.4 Å². The van der Waals surface area contributed by atoms with Crippen molar-refractivity contribution in [2.24, 2.45) is 11.7 Å². The molecule has 1 unspecified atom stereocenters. The van der Waals surface area contributed by atoms with Crippen LogP contribution < -0.4 is 11.1 Å². The molecule has 0 radical (unpaired) electrons. The minimum Gasteiger partial charge on any atom is -0.349 e. The number of carbonyl (C=O) groups excluding carboxylic acids is 1. The molecule has 3 N–H and O–H groups in total. The summed E-state index contributed by atoms with van der Waals surface area (Å²) < 4.78 is 38.6. The third kappa shape index (κ3) is 4.46. The molecule has 1 aromatic rings. The maximum Gasteiger partial charge on any atom is 0.416 e. The normalized spacial score (nSPS) is 14.9. The number of hydrogen-bond donors (Lipinski definition) is 2. The van der Waals surface area contributed by atoms with E-state index in [1.165, 1.54) is 18.2 Å². The number of halogens is 3. The molecule has 0 spiro atoms. The number of nitrogens with two attached hydrogens (primary N) is 1. The van der Waals surface area contributed by atoms with Crippen molar-refractivity contribution >= 4 is 5.91 Å². The first-order valence-corrected chi connectivity index (χ1v) is 6.76. The van der Waals surface area contributed by atoms with Gasteiger partial charge in [0.05, 0.1) is 17.5 Å². The number of benzene rings is 1. The van der Waals surface area contributed by atoms with Gasteiger partial charge < -0.3 is 11.1 Å². The molecule has 1 atom stereocenters. The second-order valence-corrected chi connectivity index (χ2v) is 5.66. The molecular weight excluding hydrogens is 281 g/mol. The zero-order valence-electron chi connectivity index (χ0n) is 12.4. The van der Waals surface area contributed by atoms with Gasteiger partial charge in [-0.25, -0.2) is 0 Å². The molecule has 0 saturated heterocycles. The van der Waals surface area contributed by atoms with Gasteiger partial charge in [-0.3, -0.25) is 4.79 Å². The highest BCUT2D eigenvalue weighted by Gasteiger charge is 2.34. The van der Waals surface area contributed by atoms with Gasteiger partial charge in [0, 0.05) is 6.54 Å². The van der Waals surface area contributed by atoms with Gasteiger partial charge in [0.25, 0.3) is 0 Å². The Morgan fingerprint density at radius 2 is 1.86 bits per heavy atom. The molecule has 1 amide bonds. The SMILES string of the molecule is CC(C)C(C)(CN)NC(=O)Cc1ccccc1C(F)(F)F. The predicted octanol–water partition coefficient (Wildman–Crippen LogP) is 2.74. The van der Waals surface area contributed by atoms with Crippen LogP contribution in [0.4, 0.5) is 13.2 Å². The lowest BCUT2D eigenvalue weighted by Gasteiger charge is -2.33. The van der Waals surface area contributed by atoms with E-state index in [0.29, 0.717) is 0 Å². The average molecular weight is 302 g/mol. The summed E-state index contributed by atoms with van der Waals surface area (Å²) in [5, 5.41) is 2.74. The van der Waals surface area contributed by atoms with Crippen LogP contribution in [0.15, 0.2) is 24.3 Å². The van der Waals surface area contributed by atoms with Crippen molar-refractivity contribution in [2.75, 3.05) is 6.54 Å². The summed E-state index contributed by atoms with van der Waals surface area (Å²) in [5.41, 5.74) is 4.20. The Labute approximate surface area is 122 Å². The van der Waals surface area contributed by atoms with E-state index in [9.17, 15) is 18.0 Å². The summed E-state index contributed by atoms with van der Waals surface area (Å²) in [6, 6.07) is 5.09. The second kappa shape index (κ2) is 6.47. The van der Waals surface area contributed by atoms with Crippen molar-refractivity contribution < 1.29 is 18.0 Å². The number of carbonyl (C=O) groups is 1. The summed E-state index contributed by atoms with van der Waals surface area (Å²) in [6.07, 6.45) is -4.79. The first-order valence-electron chi connectivity index (χ1n) is 6.76. The van der Waals surface area contributed by atoms with Crippen molar-refractivity contribution in [3.8, 4) is 0 Å². The number of nitrogens with one attached hydrogen (secondary N) is 1. The molecule has 0 fully saturated rings. The molecule has 0 saturated carbocycles. The number of alkyl halides is 3. The summed E-state index contributed by atoms with van der Waals surface area (Å²) in [6.45, 7) is 5.80. The van der Waals surface area contributed by atoms with Gasteiger partial charge in [0.2, 0.25) is 5.91 Å². The zero-order chi connectivity index (χ0) is 16.3. The average Bonchev–Trinajstić information content (AvgIpc) is 2.37. The Kier molecular flexibility index (Phi) is 5.39. The lowest BCUT2D eigenvalue weighted by atomic mass is 9.88. The Hall–Kier alpha value is -1.56. The quantitative estimate of drug-likeness (QED) is 0.878. The van der Waals surface area contributed by atoms with Gasteiger partial charge in [-0.2, -0.15) is 13.2 Å². The van der Waals surface area contributed by atoms with Crippen molar-refractivity contribution in [1.29, 1.82) is 0 Å². The minimum absolute atomic E-state index is 0.0365. The van der Waals surface area contributed by atoms with Crippen molar-refractivity contribution in [2.45, 2.75) is 38.9 Å². The second-order valence-electron chi connectivity index (χ2n) is 5.66. The Morgan fingerprint density at radius 1 is 1.29 bits per heavy atom. The molecule has 1 rings (SSSR count). The largest absolute Gasteiger partial charge is 0.416 e. The molecular formula is C15H21F3N2O. The van der Waals surface area contributed by atoms with E-state index in [1.54, 1.807) is 6.92 Å². The molecule has 6 heteroatoms. The molecule has 0 aliphatic heterocycles. The molecule has 3 nitrogen and oxygen atoms in total. The lowest BCUT2D eigenvalue weighted by Crippen LogP contribution is -2.55. The van der Waals surface area contributed by atoms with Crippen molar-refractivity contribution in [3.63, 3.8) is 0 Å². The Bertz CT molecular complexity index is 500. The molecule has 0 aliphatic rings. The zero-order valence-corrected chi connectivity index (χ0v) is 12.4. The highest BCUT2D eigenvalue weighted by molar-refractivity contribution is 5.79. The van der Waals surface area contributed by atoms with E-state index in [2.05, 4.69) is 5.32 Å². The van der Waals surface area contributed by atoms with E-state index < -0.39 is 23.2 Å². The van der Waals surface area contributed by atoms with Crippen molar-refractivity contribution in [1.82, 2.24) is 5.32 Å². The standard InChI is InChI=1S/C15H21F3N2O/c1-10(2)14(3,9-19)20-13(21)8-11-6-4-5-7-12(11)15(16,17)18/h4-7,10H,8-9,19H2,1-3H3,(H,20,21). The molecule has 21 heavy (non-hydrogen) atoms. The fraction of sp³-hybridized carbons (Fsp3) is 0.533. The van der Waals surface area contributed by atoms with Gasteiger partial charge in [0.15, 0.2) is 0 Å². The van der Waals surface area contributed by atoms with E-state index in [1.807, 2.05) is 13.8 Å². The third-order valence-corrected chi connectivity index (χ3v) is 3.80. The van der Waals surface area contributed by atoms with Crippen LogP contribution in [0.1, 0.15) is 31.9 Å². The number of rotatable bonds is 5. The molecule has 0 bridgehead atoms. The number of hydrogen-bond acceptors (Lipinski definition) is 2. The summed E-state index contributed by atoms with van der Waals surface area (Å²) in [4.78, 5) is 12.0. The van der Waals surface area contributed by atoms with E-state index in [0.717, 1.165) is 6.07 Å². The van der Waals surface area contributed by atoms with Gasteiger partial charge in [0.1, 0.15) is 0 Å². The van der Waals surface area contributed by atoms with Crippen LogP contribution >= 0.6 is 0 Å². The smallest absolute Gasteiger partial charge is 0.349 e. The topological polar surface area (TPSA) is 55.1 Å². The Morgan fingerprint density at radius 3 is 2.33 bits per heavy atom. The van der Waals surface area contributed by atoms with Crippen LogP contribution in [0, 0.1) is 5.92 Å². The number of amides is 1. The van der Waals surface area contributed by atoms with Crippen LogP contribution in [0.5, 0.6) is 0 Å². The van der Waals surface area contributed by atoms with Crippen LogP contribution in [0.2, 0.25) is 0 Å². The molecule has 1 aromatic carbocycles. The van der Waals surface area contributed by atoms with Gasteiger partial charge in [-0.1, -0.05) is 32.0 Å². The van der Waals surface area contributed by atoms with Gasteiger partial charge in [-0.15, -0.1) is 0 Å². The van der Waals surface area contributed by atoms with Crippen molar-refractivity contribution in [3.05, 3.63) is 35.4 Å². The maximum absolute atomic E-state index is 12.9. The van der Waals surface area contributed by atoms with E-state index >= 15 is 0 Å². The first kappa shape index (κ1) is 17.5. The van der Waals surface area contributed by atoms with Crippen LogP contribution in [-0.4, -0.2) is 18.0 Å². The summed E-state index contributed by atoms with van der Waals surface area (Å²) in [7, 11) is 0. The van der Waals surface area contributed by atoms with Crippen LogP contribution in [0.25, 0.3) is 0 Å². The first-order chi connectivity index (χ1) is 9.60. The van der Waals surface area contributed by atoms with Gasteiger partial charge >= 0.3 is 6.18 Å². The molecule has 0 aliphatic carbocycles. The predicted molar refractivity (Wildman–Crippen MR) is 75.6 cm³/mol. The summed E-state index contributed by atoms with van der Waals surface area (Å²) >= 11 is 0. The fourth-order valence-electron chi connectivity index (χ4n) is 1.92. The van der Waals surface area contributed by atoms with E-state index in [4.69, 9.17) is 5.73 Å². The minimum atomic E-state index is -4.47. The molecule has 118 valence electrons. The lowest BCUT2D eigenvalue weighted by molar-refractivity contribution is -0.138. The highest BCUT2D eigenvalue weighted by Crippen LogP contribution is 2.32. The third-order valence-electron chi connectivity index (χ3n) is 3.80. The highest BCUT2D eigenvalue weighted by atomic mass is 19.4.